The molecular weight excluding hydrogens is 386 g/mol. The van der Waals surface area contributed by atoms with E-state index in [1.54, 1.807) is 18.2 Å². The van der Waals surface area contributed by atoms with Gasteiger partial charge in [0.25, 0.3) is 0 Å². The molecule has 148 valence electrons. The highest BCUT2D eigenvalue weighted by Gasteiger charge is 2.28. The van der Waals surface area contributed by atoms with Crippen molar-refractivity contribution in [2.45, 2.75) is 4.90 Å². The number of esters is 1. The van der Waals surface area contributed by atoms with Gasteiger partial charge in [0.1, 0.15) is 19.0 Å². The second kappa shape index (κ2) is 8.22. The zero-order valence-corrected chi connectivity index (χ0v) is 16.1. The molecule has 28 heavy (non-hydrogen) atoms. The monoisotopic (exact) mass is 405 g/mol. The number of carbonyl (C=O) groups is 1. The predicted molar refractivity (Wildman–Crippen MR) is 101 cm³/mol. The maximum absolute atomic E-state index is 12.9. The maximum atomic E-state index is 12.9. The Kier molecular flexibility index (Phi) is 5.74. The van der Waals surface area contributed by atoms with Gasteiger partial charge in [-0.2, -0.15) is 0 Å². The zero-order chi connectivity index (χ0) is 20.1. The summed E-state index contributed by atoms with van der Waals surface area (Å²) in [7, 11) is -1.52. The summed E-state index contributed by atoms with van der Waals surface area (Å²) in [6.07, 6.45) is 1.09. The third kappa shape index (κ3) is 4.04. The van der Waals surface area contributed by atoms with Gasteiger partial charge in [-0.05, 0) is 36.4 Å². The fourth-order valence-electron chi connectivity index (χ4n) is 2.51. The zero-order valence-electron chi connectivity index (χ0n) is 15.3. The van der Waals surface area contributed by atoms with Crippen LogP contribution in [0.2, 0.25) is 0 Å². The van der Waals surface area contributed by atoms with Gasteiger partial charge in [-0.15, -0.1) is 0 Å². The quantitative estimate of drug-likeness (QED) is 0.578. The summed E-state index contributed by atoms with van der Waals surface area (Å²) in [5.74, 6) is 0.639. The molecule has 0 aromatic heterocycles. The summed E-state index contributed by atoms with van der Waals surface area (Å²) in [5, 5.41) is 2.81. The van der Waals surface area contributed by atoms with Gasteiger partial charge in [0.15, 0.2) is 16.4 Å². The second-order valence-electron chi connectivity index (χ2n) is 5.68. The molecule has 0 fully saturated rings. The highest BCUT2D eigenvalue weighted by Crippen LogP contribution is 2.33. The minimum Gasteiger partial charge on any atom is -0.497 e. The van der Waals surface area contributed by atoms with Crippen LogP contribution in [0, 0.1) is 0 Å². The van der Waals surface area contributed by atoms with Crippen molar-refractivity contribution in [3.05, 3.63) is 53.6 Å². The van der Waals surface area contributed by atoms with E-state index in [9.17, 15) is 13.2 Å². The van der Waals surface area contributed by atoms with Crippen LogP contribution in [-0.4, -0.2) is 41.8 Å². The summed E-state index contributed by atoms with van der Waals surface area (Å²) >= 11 is 0. The molecule has 2 aromatic rings. The minimum atomic E-state index is -4.11. The molecule has 1 aliphatic rings. The molecule has 8 nitrogen and oxygen atoms in total. The second-order valence-corrected chi connectivity index (χ2v) is 7.60. The molecule has 0 amide bonds. The lowest BCUT2D eigenvalue weighted by atomic mass is 10.2. The van der Waals surface area contributed by atoms with E-state index in [2.05, 4.69) is 10.1 Å². The normalized spacial score (nSPS) is 13.6. The topological polar surface area (TPSA) is 100 Å². The summed E-state index contributed by atoms with van der Waals surface area (Å²) in [5.41, 5.74) is 0.524. The summed E-state index contributed by atoms with van der Waals surface area (Å²) < 4.78 is 46.4. The highest BCUT2D eigenvalue weighted by atomic mass is 32.2. The number of ether oxygens (including phenoxy) is 4. The van der Waals surface area contributed by atoms with Gasteiger partial charge in [0.05, 0.1) is 19.1 Å². The number of carbonyl (C=O) groups excluding carboxylic acids is 1. The van der Waals surface area contributed by atoms with Gasteiger partial charge < -0.3 is 24.3 Å². The van der Waals surface area contributed by atoms with Crippen LogP contribution >= 0.6 is 0 Å². The number of hydrogen-bond donors (Lipinski definition) is 1. The molecule has 0 bridgehead atoms. The highest BCUT2D eigenvalue weighted by molar-refractivity contribution is 7.96. The van der Waals surface area contributed by atoms with Crippen molar-refractivity contribution in [3.63, 3.8) is 0 Å². The molecule has 1 aliphatic heterocycles. The van der Waals surface area contributed by atoms with Gasteiger partial charge in [0.2, 0.25) is 9.84 Å². The number of fused-ring (bicyclic) bond motifs is 1. The van der Waals surface area contributed by atoms with Crippen molar-refractivity contribution in [1.29, 1.82) is 0 Å². The standard InChI is InChI=1S/C19H19NO7S/c1-24-14-4-6-15(7-5-14)28(22,23)18(19(21)25-2)12-20-13-3-8-16-17(11-13)27-10-9-26-16/h3-8,11-12,20H,9-10H2,1-2H3. The maximum Gasteiger partial charge on any atom is 0.351 e. The van der Waals surface area contributed by atoms with Gasteiger partial charge in [0, 0.05) is 18.0 Å². The fraction of sp³-hybridized carbons (Fsp3) is 0.211. The SMILES string of the molecule is COC(=O)C(=CNc1ccc2c(c1)OCCO2)S(=O)(=O)c1ccc(OC)cc1. The van der Waals surface area contributed by atoms with Crippen molar-refractivity contribution in [2.24, 2.45) is 0 Å². The molecule has 0 atom stereocenters. The molecule has 0 aliphatic carbocycles. The van der Waals surface area contributed by atoms with Crippen LogP contribution in [0.15, 0.2) is 58.5 Å². The van der Waals surface area contributed by atoms with Crippen LogP contribution in [0.1, 0.15) is 0 Å². The summed E-state index contributed by atoms with van der Waals surface area (Å²) in [6, 6.07) is 10.7. The first-order chi connectivity index (χ1) is 13.5. The van der Waals surface area contributed by atoms with E-state index in [0.29, 0.717) is 36.1 Å². The van der Waals surface area contributed by atoms with Crippen LogP contribution < -0.4 is 19.5 Å². The van der Waals surface area contributed by atoms with E-state index >= 15 is 0 Å². The largest absolute Gasteiger partial charge is 0.497 e. The first-order valence-electron chi connectivity index (χ1n) is 8.29. The van der Waals surface area contributed by atoms with E-state index in [4.69, 9.17) is 14.2 Å². The van der Waals surface area contributed by atoms with Gasteiger partial charge in [-0.3, -0.25) is 0 Å². The Balaban J connectivity index is 1.91. The third-order valence-electron chi connectivity index (χ3n) is 3.96. The van der Waals surface area contributed by atoms with Gasteiger partial charge >= 0.3 is 5.97 Å². The average molecular weight is 405 g/mol. The van der Waals surface area contributed by atoms with Crippen molar-refractivity contribution in [3.8, 4) is 17.2 Å². The Morgan fingerprint density at radius 3 is 2.36 bits per heavy atom. The van der Waals surface area contributed by atoms with Gasteiger partial charge in [-0.1, -0.05) is 0 Å². The first kappa shape index (κ1) is 19.6. The Labute approximate surface area is 162 Å². The lowest BCUT2D eigenvalue weighted by Gasteiger charge is -2.18. The smallest absolute Gasteiger partial charge is 0.351 e. The van der Waals surface area contributed by atoms with E-state index in [0.717, 1.165) is 13.3 Å². The molecule has 0 unspecified atom stereocenters. The van der Waals surface area contributed by atoms with E-state index in [1.807, 2.05) is 0 Å². The number of benzene rings is 2. The van der Waals surface area contributed by atoms with Crippen LogP contribution in [0.25, 0.3) is 0 Å². The summed E-state index contributed by atoms with van der Waals surface area (Å²) in [6.45, 7) is 0.887. The molecular formula is C19H19NO7S. The van der Waals surface area contributed by atoms with Crippen LogP contribution in [0.4, 0.5) is 5.69 Å². The lowest BCUT2D eigenvalue weighted by molar-refractivity contribution is -0.135. The van der Waals surface area contributed by atoms with Crippen LogP contribution in [-0.2, 0) is 19.4 Å². The van der Waals surface area contributed by atoms with Crippen molar-refractivity contribution in [1.82, 2.24) is 0 Å². The number of hydrogen-bond acceptors (Lipinski definition) is 8. The molecule has 3 rings (SSSR count). The number of sulfone groups is 1. The molecule has 1 heterocycles. The Morgan fingerprint density at radius 1 is 1.04 bits per heavy atom. The van der Waals surface area contributed by atoms with Crippen molar-refractivity contribution < 1.29 is 32.2 Å². The van der Waals surface area contributed by atoms with Crippen molar-refractivity contribution in [2.75, 3.05) is 32.8 Å². The number of rotatable bonds is 6. The average Bonchev–Trinajstić information content (AvgIpc) is 2.73. The number of nitrogens with one attached hydrogen (secondary N) is 1. The molecule has 0 saturated carbocycles. The molecule has 9 heteroatoms. The number of anilines is 1. The van der Waals surface area contributed by atoms with E-state index in [1.165, 1.54) is 31.4 Å². The molecule has 0 saturated heterocycles. The third-order valence-corrected chi connectivity index (χ3v) is 5.71. The van der Waals surface area contributed by atoms with Crippen LogP contribution in [0.3, 0.4) is 0 Å². The van der Waals surface area contributed by atoms with Crippen molar-refractivity contribution >= 4 is 21.5 Å². The number of methoxy groups -OCH3 is 2. The Bertz CT molecular complexity index is 997. The molecule has 1 N–H and O–H groups in total. The lowest BCUT2D eigenvalue weighted by Crippen LogP contribution is -2.17. The van der Waals surface area contributed by atoms with Crippen LogP contribution in [0.5, 0.6) is 17.2 Å². The minimum absolute atomic E-state index is 0.0612. The molecule has 0 radical (unpaired) electrons. The Hall–Kier alpha value is -3.20. The summed E-state index contributed by atoms with van der Waals surface area (Å²) in [4.78, 5) is 11.5. The van der Waals surface area contributed by atoms with E-state index in [-0.39, 0.29) is 4.90 Å². The predicted octanol–water partition coefficient (Wildman–Crippen LogP) is 2.37. The van der Waals surface area contributed by atoms with Gasteiger partial charge in [-0.25, -0.2) is 13.2 Å². The fourth-order valence-corrected chi connectivity index (χ4v) is 3.78. The molecule has 2 aromatic carbocycles. The molecule has 0 spiro atoms. The Morgan fingerprint density at radius 2 is 1.71 bits per heavy atom. The first-order valence-corrected chi connectivity index (χ1v) is 9.78. The van der Waals surface area contributed by atoms with E-state index < -0.39 is 20.7 Å².